The Morgan fingerprint density at radius 2 is 1.96 bits per heavy atom. The van der Waals surface area contributed by atoms with Gasteiger partial charge in [-0.2, -0.15) is 0 Å². The van der Waals surface area contributed by atoms with E-state index < -0.39 is 0 Å². The Balaban J connectivity index is 1.65. The average Bonchev–Trinajstić information content (AvgIpc) is 2.95. The fraction of sp³-hybridized carbons (Fsp3) is 0.118. The number of rotatable bonds is 5. The highest BCUT2D eigenvalue weighted by Gasteiger charge is 2.13. The molecule has 0 radical (unpaired) electrons. The first-order chi connectivity index (χ1) is 11.6. The van der Waals surface area contributed by atoms with Gasteiger partial charge < -0.3 is 11.2 Å². The second-order valence-electron chi connectivity index (χ2n) is 5.25. The minimum atomic E-state index is -0.119. The number of para-hydroxylation sites is 1. The highest BCUT2D eigenvalue weighted by molar-refractivity contribution is 7.99. The summed E-state index contributed by atoms with van der Waals surface area (Å²) in [6, 6.07) is 17.2. The molecule has 0 fully saturated rings. The van der Waals surface area contributed by atoms with E-state index >= 15 is 0 Å². The van der Waals surface area contributed by atoms with Crippen LogP contribution in [-0.2, 0) is 4.79 Å². The second-order valence-corrected chi connectivity index (χ2v) is 6.19. The number of thioether (sulfide) groups is 1. The smallest absolute Gasteiger partial charge is 0.234 e. The number of hydrogen-bond donors (Lipinski definition) is 2. The molecule has 0 aliphatic carbocycles. The van der Waals surface area contributed by atoms with Crippen molar-refractivity contribution in [2.45, 2.75) is 12.1 Å². The van der Waals surface area contributed by atoms with Crippen LogP contribution in [0.4, 0.5) is 5.69 Å². The number of nitrogens with zero attached hydrogens (tertiary/aromatic N) is 3. The van der Waals surface area contributed by atoms with Crippen LogP contribution in [0, 0.1) is 6.92 Å². The zero-order chi connectivity index (χ0) is 16.9. The lowest BCUT2D eigenvalue weighted by Gasteiger charge is -2.05. The monoisotopic (exact) mass is 339 g/mol. The highest BCUT2D eigenvalue weighted by Crippen LogP contribution is 2.22. The van der Waals surface area contributed by atoms with Gasteiger partial charge in [-0.1, -0.05) is 53.7 Å². The molecule has 3 aromatic rings. The zero-order valence-corrected chi connectivity index (χ0v) is 14.0. The molecule has 0 saturated heterocycles. The van der Waals surface area contributed by atoms with Gasteiger partial charge in [0, 0.05) is 11.3 Å². The van der Waals surface area contributed by atoms with Gasteiger partial charge in [-0.05, 0) is 25.1 Å². The summed E-state index contributed by atoms with van der Waals surface area (Å²) in [5.41, 5.74) is 2.77. The number of nitrogens with one attached hydrogen (secondary N) is 1. The second kappa shape index (κ2) is 7.18. The maximum atomic E-state index is 12.0. The molecule has 0 atom stereocenters. The summed E-state index contributed by atoms with van der Waals surface area (Å²) in [7, 11) is 0. The minimum Gasteiger partial charge on any atom is -0.335 e. The van der Waals surface area contributed by atoms with Gasteiger partial charge in [-0.3, -0.25) is 4.79 Å². The zero-order valence-electron chi connectivity index (χ0n) is 13.1. The molecule has 0 aliphatic rings. The predicted octanol–water partition coefficient (Wildman–Crippen LogP) is 2.70. The molecule has 0 spiro atoms. The molecule has 1 amide bonds. The fourth-order valence-corrected chi connectivity index (χ4v) is 2.86. The lowest BCUT2D eigenvalue weighted by Crippen LogP contribution is -2.16. The van der Waals surface area contributed by atoms with Crippen LogP contribution in [0.15, 0.2) is 59.8 Å². The Kier molecular flexibility index (Phi) is 4.81. The number of anilines is 1. The van der Waals surface area contributed by atoms with Gasteiger partial charge in [0.15, 0.2) is 5.82 Å². The molecule has 6 nitrogen and oxygen atoms in total. The van der Waals surface area contributed by atoms with Crippen molar-refractivity contribution >= 4 is 23.4 Å². The molecule has 2 aromatic carbocycles. The Labute approximate surface area is 144 Å². The van der Waals surface area contributed by atoms with Crippen molar-refractivity contribution in [2.24, 2.45) is 0 Å². The van der Waals surface area contributed by atoms with Crippen LogP contribution in [0.3, 0.4) is 0 Å². The predicted molar refractivity (Wildman–Crippen MR) is 96.1 cm³/mol. The number of carbonyl (C=O) groups is 1. The molecule has 0 bridgehead atoms. The van der Waals surface area contributed by atoms with Crippen LogP contribution in [0.5, 0.6) is 0 Å². The summed E-state index contributed by atoms with van der Waals surface area (Å²) in [6.45, 7) is 2.00. The van der Waals surface area contributed by atoms with Crippen LogP contribution in [-0.4, -0.2) is 26.5 Å². The maximum Gasteiger partial charge on any atom is 0.234 e. The molecule has 1 aromatic heterocycles. The van der Waals surface area contributed by atoms with Crippen molar-refractivity contribution < 1.29 is 4.79 Å². The molecule has 0 aliphatic heterocycles. The summed E-state index contributed by atoms with van der Waals surface area (Å²) in [5, 5.41) is 11.5. The standard InChI is InChI=1S/C17H17N5OS/c1-12-6-5-7-13(10-12)16-20-21-17(22(16)18)24-11-15(23)19-14-8-3-2-4-9-14/h2-10H,11,18H2,1H3,(H,19,23). The Hall–Kier alpha value is -2.80. The first-order valence-electron chi connectivity index (χ1n) is 7.39. The number of hydrogen-bond acceptors (Lipinski definition) is 5. The molecular formula is C17H17N5OS. The van der Waals surface area contributed by atoms with E-state index in [1.165, 1.54) is 16.4 Å². The van der Waals surface area contributed by atoms with Gasteiger partial charge in [0.1, 0.15) is 0 Å². The van der Waals surface area contributed by atoms with Crippen molar-refractivity contribution in [1.29, 1.82) is 0 Å². The molecule has 0 saturated carbocycles. The van der Waals surface area contributed by atoms with E-state index in [1.807, 2.05) is 61.5 Å². The molecule has 3 N–H and O–H groups in total. The Morgan fingerprint density at radius 1 is 1.17 bits per heavy atom. The summed E-state index contributed by atoms with van der Waals surface area (Å²) in [6.07, 6.45) is 0. The van der Waals surface area contributed by atoms with E-state index in [0.717, 1.165) is 16.8 Å². The van der Waals surface area contributed by atoms with Crippen LogP contribution >= 0.6 is 11.8 Å². The third kappa shape index (κ3) is 3.75. The largest absolute Gasteiger partial charge is 0.335 e. The van der Waals surface area contributed by atoms with Gasteiger partial charge in [0.05, 0.1) is 5.75 Å². The average molecular weight is 339 g/mol. The van der Waals surface area contributed by atoms with Crippen molar-refractivity contribution in [3.05, 3.63) is 60.2 Å². The van der Waals surface area contributed by atoms with Crippen LogP contribution in [0.2, 0.25) is 0 Å². The quantitative estimate of drug-likeness (QED) is 0.551. The lowest BCUT2D eigenvalue weighted by molar-refractivity contribution is -0.113. The Bertz CT molecular complexity index is 847. The van der Waals surface area contributed by atoms with Gasteiger partial charge in [0.2, 0.25) is 11.1 Å². The summed E-state index contributed by atoms with van der Waals surface area (Å²) < 4.78 is 1.41. The van der Waals surface area contributed by atoms with E-state index in [9.17, 15) is 4.79 Å². The van der Waals surface area contributed by atoms with Crippen LogP contribution < -0.4 is 11.2 Å². The van der Waals surface area contributed by atoms with E-state index in [0.29, 0.717) is 11.0 Å². The van der Waals surface area contributed by atoms with E-state index in [-0.39, 0.29) is 11.7 Å². The molecular weight excluding hydrogens is 322 g/mol. The van der Waals surface area contributed by atoms with Crippen LogP contribution in [0.1, 0.15) is 5.56 Å². The van der Waals surface area contributed by atoms with Crippen molar-refractivity contribution in [1.82, 2.24) is 14.9 Å². The SMILES string of the molecule is Cc1cccc(-c2nnc(SCC(=O)Nc3ccccc3)n2N)c1. The van der Waals surface area contributed by atoms with E-state index in [1.54, 1.807) is 0 Å². The van der Waals surface area contributed by atoms with Gasteiger partial charge >= 0.3 is 0 Å². The summed E-state index contributed by atoms with van der Waals surface area (Å²) in [4.78, 5) is 12.0. The lowest BCUT2D eigenvalue weighted by atomic mass is 10.1. The molecule has 7 heteroatoms. The van der Waals surface area contributed by atoms with E-state index in [2.05, 4.69) is 15.5 Å². The number of benzene rings is 2. The van der Waals surface area contributed by atoms with Gasteiger partial charge in [0.25, 0.3) is 0 Å². The third-order valence-electron chi connectivity index (χ3n) is 3.33. The number of aryl methyl sites for hydroxylation is 1. The molecule has 0 unspecified atom stereocenters. The molecule has 1 heterocycles. The third-order valence-corrected chi connectivity index (χ3v) is 4.27. The number of amides is 1. The summed E-state index contributed by atoms with van der Waals surface area (Å²) in [5.74, 6) is 6.72. The first kappa shape index (κ1) is 16.1. The number of aromatic nitrogens is 3. The minimum absolute atomic E-state index is 0.119. The number of nitrogens with two attached hydrogens (primary N) is 1. The normalized spacial score (nSPS) is 10.5. The van der Waals surface area contributed by atoms with Crippen molar-refractivity contribution in [3.63, 3.8) is 0 Å². The first-order valence-corrected chi connectivity index (χ1v) is 8.37. The Morgan fingerprint density at radius 3 is 2.71 bits per heavy atom. The topological polar surface area (TPSA) is 85.8 Å². The fourth-order valence-electron chi connectivity index (χ4n) is 2.21. The molecule has 24 heavy (non-hydrogen) atoms. The number of nitrogen functional groups attached to an aromatic ring is 1. The van der Waals surface area contributed by atoms with Gasteiger partial charge in [-0.25, -0.2) is 4.68 Å². The maximum absolute atomic E-state index is 12.0. The van der Waals surface area contributed by atoms with E-state index in [4.69, 9.17) is 5.84 Å². The summed E-state index contributed by atoms with van der Waals surface area (Å²) >= 11 is 1.25. The highest BCUT2D eigenvalue weighted by atomic mass is 32.2. The number of carbonyl (C=O) groups excluding carboxylic acids is 1. The van der Waals surface area contributed by atoms with Gasteiger partial charge in [-0.15, -0.1) is 10.2 Å². The van der Waals surface area contributed by atoms with Crippen molar-refractivity contribution in [3.8, 4) is 11.4 Å². The van der Waals surface area contributed by atoms with Crippen LogP contribution in [0.25, 0.3) is 11.4 Å². The molecule has 3 rings (SSSR count). The van der Waals surface area contributed by atoms with Crippen molar-refractivity contribution in [2.75, 3.05) is 16.9 Å². The molecule has 122 valence electrons.